The first-order valence-electron chi connectivity index (χ1n) is 6.46. The maximum absolute atomic E-state index is 12.3. The maximum atomic E-state index is 12.3. The summed E-state index contributed by atoms with van der Waals surface area (Å²) in [5.74, 6) is 0.0384. The monoisotopic (exact) mass is 283 g/mol. The van der Waals surface area contributed by atoms with Gasteiger partial charge < -0.3 is 15.5 Å². The highest BCUT2D eigenvalue weighted by Gasteiger charge is 2.23. The van der Waals surface area contributed by atoms with E-state index < -0.39 is 6.04 Å². The number of amides is 1. The number of hydrogen-bond donors (Lipinski definition) is 1. The number of likely N-dealkylation sites (N-methyl/N-ethyl adjacent to an activating group) is 1. The third-order valence-corrected chi connectivity index (χ3v) is 3.46. The van der Waals surface area contributed by atoms with Crippen LogP contribution in [0, 0.1) is 0 Å². The number of benzene rings is 1. The normalized spacial score (nSPS) is 18.3. The summed E-state index contributed by atoms with van der Waals surface area (Å²) in [5.41, 5.74) is 6.94. The third kappa shape index (κ3) is 4.20. The molecule has 0 aromatic heterocycles. The molecule has 1 aromatic rings. The number of nitrogens with zero attached hydrogens (tertiary/aromatic N) is 2. The Hall–Kier alpha value is -1.10. The SMILES string of the molecule is CN1CCCN(C(=O)C(N)c2ccccc2)CC1.Cl. The van der Waals surface area contributed by atoms with Crippen molar-refractivity contribution in [3.63, 3.8) is 0 Å². The predicted molar refractivity (Wildman–Crippen MR) is 79.3 cm³/mol. The molecule has 2 N–H and O–H groups in total. The minimum absolute atomic E-state index is 0. The second-order valence-electron chi connectivity index (χ2n) is 4.87. The largest absolute Gasteiger partial charge is 0.340 e. The molecule has 1 unspecified atom stereocenters. The molecular weight excluding hydrogens is 262 g/mol. The van der Waals surface area contributed by atoms with Crippen molar-refractivity contribution in [2.45, 2.75) is 12.5 Å². The van der Waals surface area contributed by atoms with Gasteiger partial charge in [0.25, 0.3) is 0 Å². The number of carbonyl (C=O) groups is 1. The molecule has 0 aliphatic carbocycles. The van der Waals surface area contributed by atoms with Crippen molar-refractivity contribution in [1.82, 2.24) is 9.80 Å². The van der Waals surface area contributed by atoms with Crippen LogP contribution in [0.15, 0.2) is 30.3 Å². The summed E-state index contributed by atoms with van der Waals surface area (Å²) < 4.78 is 0. The zero-order chi connectivity index (χ0) is 13.0. The Morgan fingerprint density at radius 2 is 1.84 bits per heavy atom. The van der Waals surface area contributed by atoms with E-state index in [0.29, 0.717) is 0 Å². The summed E-state index contributed by atoms with van der Waals surface area (Å²) in [4.78, 5) is 16.5. The van der Waals surface area contributed by atoms with Gasteiger partial charge in [0.15, 0.2) is 0 Å². The van der Waals surface area contributed by atoms with Gasteiger partial charge in [0, 0.05) is 19.6 Å². The van der Waals surface area contributed by atoms with E-state index in [2.05, 4.69) is 11.9 Å². The highest BCUT2D eigenvalue weighted by Crippen LogP contribution is 2.14. The maximum Gasteiger partial charge on any atom is 0.244 e. The summed E-state index contributed by atoms with van der Waals surface area (Å²) in [6.07, 6.45) is 1.02. The number of hydrogen-bond acceptors (Lipinski definition) is 3. The van der Waals surface area contributed by atoms with Crippen LogP contribution in [0.25, 0.3) is 0 Å². The van der Waals surface area contributed by atoms with Crippen molar-refractivity contribution in [2.24, 2.45) is 5.73 Å². The Labute approximate surface area is 121 Å². The minimum atomic E-state index is -0.533. The quantitative estimate of drug-likeness (QED) is 0.889. The van der Waals surface area contributed by atoms with Gasteiger partial charge >= 0.3 is 0 Å². The Balaban J connectivity index is 0.00000180. The Bertz CT molecular complexity index is 399. The van der Waals surface area contributed by atoms with Crippen molar-refractivity contribution in [2.75, 3.05) is 33.2 Å². The van der Waals surface area contributed by atoms with Gasteiger partial charge in [-0.1, -0.05) is 30.3 Å². The average Bonchev–Trinajstić information content (AvgIpc) is 2.63. The van der Waals surface area contributed by atoms with Crippen molar-refractivity contribution in [3.05, 3.63) is 35.9 Å². The fraction of sp³-hybridized carbons (Fsp3) is 0.500. The van der Waals surface area contributed by atoms with E-state index >= 15 is 0 Å². The van der Waals surface area contributed by atoms with Gasteiger partial charge in [-0.05, 0) is 25.6 Å². The van der Waals surface area contributed by atoms with E-state index in [1.807, 2.05) is 35.2 Å². The van der Waals surface area contributed by atoms with Crippen molar-refractivity contribution in [1.29, 1.82) is 0 Å². The number of halogens is 1. The van der Waals surface area contributed by atoms with Crippen molar-refractivity contribution in [3.8, 4) is 0 Å². The number of nitrogens with two attached hydrogens (primary N) is 1. The molecular formula is C14H22ClN3O. The van der Waals surface area contributed by atoms with Gasteiger partial charge in [-0.25, -0.2) is 0 Å². The van der Waals surface area contributed by atoms with Gasteiger partial charge in [-0.15, -0.1) is 12.4 Å². The van der Waals surface area contributed by atoms with Crippen LogP contribution in [0.5, 0.6) is 0 Å². The van der Waals surface area contributed by atoms with Crippen molar-refractivity contribution < 1.29 is 4.79 Å². The molecule has 0 radical (unpaired) electrons. The lowest BCUT2D eigenvalue weighted by Gasteiger charge is -2.24. The van der Waals surface area contributed by atoms with Crippen LogP contribution in [-0.4, -0.2) is 48.9 Å². The molecule has 5 heteroatoms. The summed E-state index contributed by atoms with van der Waals surface area (Å²) in [7, 11) is 2.09. The van der Waals surface area contributed by atoms with E-state index in [0.717, 1.165) is 38.2 Å². The lowest BCUT2D eigenvalue weighted by molar-refractivity contribution is -0.132. The fourth-order valence-electron chi connectivity index (χ4n) is 2.27. The molecule has 1 fully saturated rings. The Kier molecular flexibility index (Phi) is 6.28. The molecule has 19 heavy (non-hydrogen) atoms. The highest BCUT2D eigenvalue weighted by atomic mass is 35.5. The fourth-order valence-corrected chi connectivity index (χ4v) is 2.27. The van der Waals surface area contributed by atoms with Crippen LogP contribution >= 0.6 is 12.4 Å². The molecule has 0 spiro atoms. The van der Waals surface area contributed by atoms with Crippen LogP contribution in [-0.2, 0) is 4.79 Å². The zero-order valence-corrected chi connectivity index (χ0v) is 12.1. The van der Waals surface area contributed by atoms with Gasteiger partial charge in [0.05, 0.1) is 0 Å². The average molecular weight is 284 g/mol. The van der Waals surface area contributed by atoms with Gasteiger partial charge in [0.2, 0.25) is 5.91 Å². The molecule has 1 aliphatic rings. The first kappa shape index (κ1) is 16.0. The summed E-state index contributed by atoms with van der Waals surface area (Å²) >= 11 is 0. The Morgan fingerprint density at radius 3 is 2.53 bits per heavy atom. The molecule has 1 atom stereocenters. The topological polar surface area (TPSA) is 49.6 Å². The molecule has 1 aliphatic heterocycles. The van der Waals surface area contributed by atoms with Crippen LogP contribution in [0.1, 0.15) is 18.0 Å². The molecule has 1 aromatic carbocycles. The third-order valence-electron chi connectivity index (χ3n) is 3.46. The second-order valence-corrected chi connectivity index (χ2v) is 4.87. The van der Waals surface area contributed by atoms with E-state index in [4.69, 9.17) is 5.73 Å². The minimum Gasteiger partial charge on any atom is -0.340 e. The molecule has 2 rings (SSSR count). The van der Waals surface area contributed by atoms with Gasteiger partial charge in [-0.2, -0.15) is 0 Å². The van der Waals surface area contributed by atoms with Crippen LogP contribution < -0.4 is 5.73 Å². The summed E-state index contributed by atoms with van der Waals surface area (Å²) in [5, 5.41) is 0. The summed E-state index contributed by atoms with van der Waals surface area (Å²) in [6, 6.07) is 9.05. The molecule has 1 heterocycles. The molecule has 0 bridgehead atoms. The standard InChI is InChI=1S/C14H21N3O.ClH/c1-16-8-5-9-17(11-10-16)14(18)13(15)12-6-3-2-4-7-12;/h2-4,6-7,13H,5,8-11,15H2,1H3;1H. The first-order valence-corrected chi connectivity index (χ1v) is 6.46. The highest BCUT2D eigenvalue weighted by molar-refractivity contribution is 5.85. The van der Waals surface area contributed by atoms with E-state index in [9.17, 15) is 4.79 Å². The molecule has 1 amide bonds. The van der Waals surface area contributed by atoms with E-state index in [-0.39, 0.29) is 18.3 Å². The molecule has 1 saturated heterocycles. The lowest BCUT2D eigenvalue weighted by atomic mass is 10.1. The second kappa shape index (κ2) is 7.48. The van der Waals surface area contributed by atoms with Gasteiger partial charge in [-0.3, -0.25) is 4.79 Å². The van der Waals surface area contributed by atoms with Gasteiger partial charge in [0.1, 0.15) is 6.04 Å². The number of rotatable bonds is 2. The van der Waals surface area contributed by atoms with E-state index in [1.54, 1.807) is 0 Å². The van der Waals surface area contributed by atoms with Crippen molar-refractivity contribution >= 4 is 18.3 Å². The lowest BCUT2D eigenvalue weighted by Crippen LogP contribution is -2.40. The van der Waals surface area contributed by atoms with Crippen LogP contribution in [0.3, 0.4) is 0 Å². The first-order chi connectivity index (χ1) is 8.68. The molecule has 4 nitrogen and oxygen atoms in total. The van der Waals surface area contributed by atoms with E-state index in [1.165, 1.54) is 0 Å². The number of carbonyl (C=O) groups excluding carboxylic acids is 1. The molecule has 106 valence electrons. The predicted octanol–water partition coefficient (Wildman–Crippen LogP) is 1.27. The molecule has 0 saturated carbocycles. The van der Waals surface area contributed by atoms with Crippen LogP contribution in [0.4, 0.5) is 0 Å². The summed E-state index contributed by atoms with van der Waals surface area (Å²) in [6.45, 7) is 3.55. The Morgan fingerprint density at radius 1 is 1.16 bits per heavy atom. The smallest absolute Gasteiger partial charge is 0.244 e. The zero-order valence-electron chi connectivity index (χ0n) is 11.3. The van der Waals surface area contributed by atoms with Crippen LogP contribution in [0.2, 0.25) is 0 Å².